The Morgan fingerprint density at radius 2 is 2.19 bits per heavy atom. The van der Waals surface area contributed by atoms with E-state index in [4.69, 9.17) is 5.73 Å². The molecular weight excluding hydrogens is 324 g/mol. The highest BCUT2D eigenvalue weighted by molar-refractivity contribution is 5.93. The van der Waals surface area contributed by atoms with Crippen molar-refractivity contribution in [1.82, 2.24) is 4.98 Å². The van der Waals surface area contributed by atoms with Crippen LogP contribution in [0.15, 0.2) is 36.5 Å². The molecule has 2 atom stereocenters. The number of nitrogens with one attached hydrogen (secondary N) is 1. The smallest absolute Gasteiger partial charge is 0.319 e. The van der Waals surface area contributed by atoms with E-state index in [9.17, 15) is 4.79 Å². The number of primary amides is 1. The van der Waals surface area contributed by atoms with Crippen LogP contribution in [-0.2, 0) is 6.42 Å². The Morgan fingerprint density at radius 1 is 1.31 bits per heavy atom. The van der Waals surface area contributed by atoms with Gasteiger partial charge in [0.1, 0.15) is 0 Å². The molecule has 1 saturated carbocycles. The van der Waals surface area contributed by atoms with Gasteiger partial charge in [-0.15, -0.1) is 0 Å². The van der Waals surface area contributed by atoms with Gasteiger partial charge in [-0.1, -0.05) is 18.6 Å². The van der Waals surface area contributed by atoms with Crippen LogP contribution in [0, 0.1) is 6.92 Å². The van der Waals surface area contributed by atoms with Crippen molar-refractivity contribution < 1.29 is 4.79 Å². The van der Waals surface area contributed by atoms with Crippen LogP contribution in [0.5, 0.6) is 0 Å². The molecule has 5 nitrogen and oxygen atoms in total. The maximum atomic E-state index is 11.6. The number of amides is 2. The molecule has 26 heavy (non-hydrogen) atoms. The number of nitrogens with two attached hydrogens (primary N) is 1. The molecule has 0 saturated heterocycles. The zero-order chi connectivity index (χ0) is 18.1. The van der Waals surface area contributed by atoms with Crippen LogP contribution >= 0.6 is 0 Å². The van der Waals surface area contributed by atoms with Crippen molar-refractivity contribution in [3.63, 3.8) is 0 Å². The molecule has 2 aliphatic rings. The standard InChI is InChI=1S/C21H26N4O/c1-14-4-3-10-23-20(14)16-5-2-6-17(12-16)24-18-8-7-15-9-11-25(21(22)26)19(15)13-18/h3-4,7-8,10,13,16-17,24H,2,5-6,9,11-12H2,1H3,(H2,22,26). The van der Waals surface area contributed by atoms with Gasteiger partial charge in [-0.05, 0) is 61.9 Å². The summed E-state index contributed by atoms with van der Waals surface area (Å²) in [6, 6.07) is 10.5. The molecule has 0 bridgehead atoms. The Hall–Kier alpha value is -2.56. The van der Waals surface area contributed by atoms with Crippen LogP contribution < -0.4 is 16.0 Å². The molecule has 1 aliphatic heterocycles. The molecule has 2 heterocycles. The molecule has 1 aromatic heterocycles. The summed E-state index contributed by atoms with van der Waals surface area (Å²) < 4.78 is 0. The number of carbonyl (C=O) groups is 1. The summed E-state index contributed by atoms with van der Waals surface area (Å²) in [6.45, 7) is 2.83. The molecule has 0 spiro atoms. The van der Waals surface area contributed by atoms with Crippen molar-refractivity contribution in [2.24, 2.45) is 5.73 Å². The monoisotopic (exact) mass is 350 g/mol. The van der Waals surface area contributed by atoms with E-state index in [-0.39, 0.29) is 6.03 Å². The Bertz CT molecular complexity index is 819. The van der Waals surface area contributed by atoms with Crippen LogP contribution in [0.3, 0.4) is 0 Å². The number of carbonyl (C=O) groups excluding carboxylic acids is 1. The molecule has 2 unspecified atom stereocenters. The minimum atomic E-state index is -0.371. The SMILES string of the molecule is Cc1cccnc1C1CCCC(Nc2ccc3c(c2)N(C(N)=O)CC3)C1. The molecule has 136 valence electrons. The fourth-order valence-electron chi connectivity index (χ4n) is 4.43. The van der Waals surface area contributed by atoms with Gasteiger partial charge >= 0.3 is 6.03 Å². The normalized spacial score (nSPS) is 22.1. The molecule has 4 rings (SSSR count). The van der Waals surface area contributed by atoms with Crippen molar-refractivity contribution in [3.05, 3.63) is 53.3 Å². The average Bonchev–Trinajstić information content (AvgIpc) is 3.06. The van der Waals surface area contributed by atoms with Crippen LogP contribution in [0.4, 0.5) is 16.2 Å². The van der Waals surface area contributed by atoms with Crippen molar-refractivity contribution in [2.75, 3.05) is 16.8 Å². The van der Waals surface area contributed by atoms with E-state index in [1.165, 1.54) is 36.1 Å². The molecule has 5 heteroatoms. The molecule has 3 N–H and O–H groups in total. The van der Waals surface area contributed by atoms with Gasteiger partial charge in [0.05, 0.1) is 5.69 Å². The summed E-state index contributed by atoms with van der Waals surface area (Å²) in [7, 11) is 0. The minimum absolute atomic E-state index is 0.371. The molecule has 1 aromatic carbocycles. The van der Waals surface area contributed by atoms with Gasteiger partial charge in [0.25, 0.3) is 0 Å². The minimum Gasteiger partial charge on any atom is -0.382 e. The third kappa shape index (κ3) is 3.26. The second-order valence-corrected chi connectivity index (χ2v) is 7.49. The van der Waals surface area contributed by atoms with Gasteiger partial charge in [0.2, 0.25) is 0 Å². The van der Waals surface area contributed by atoms with Gasteiger partial charge in [0.15, 0.2) is 0 Å². The summed E-state index contributed by atoms with van der Waals surface area (Å²) in [6.07, 6.45) is 7.45. The number of aromatic nitrogens is 1. The topological polar surface area (TPSA) is 71.2 Å². The predicted molar refractivity (Wildman–Crippen MR) is 105 cm³/mol. The number of nitrogens with zero attached hydrogens (tertiary/aromatic N) is 2. The summed E-state index contributed by atoms with van der Waals surface area (Å²) >= 11 is 0. The summed E-state index contributed by atoms with van der Waals surface area (Å²) in [5.74, 6) is 0.513. The first-order valence-corrected chi connectivity index (χ1v) is 9.50. The van der Waals surface area contributed by atoms with E-state index in [2.05, 4.69) is 41.5 Å². The van der Waals surface area contributed by atoms with Crippen molar-refractivity contribution in [1.29, 1.82) is 0 Å². The first kappa shape index (κ1) is 16.9. The Labute approximate surface area is 154 Å². The lowest BCUT2D eigenvalue weighted by atomic mass is 9.82. The number of urea groups is 1. The Morgan fingerprint density at radius 3 is 3.00 bits per heavy atom. The summed E-state index contributed by atoms with van der Waals surface area (Å²) in [5.41, 5.74) is 11.2. The number of hydrogen-bond donors (Lipinski definition) is 2. The van der Waals surface area contributed by atoms with E-state index >= 15 is 0 Å². The van der Waals surface area contributed by atoms with Crippen LogP contribution in [-0.4, -0.2) is 23.6 Å². The number of fused-ring (bicyclic) bond motifs is 1. The van der Waals surface area contributed by atoms with Gasteiger partial charge in [0, 0.05) is 36.1 Å². The number of benzene rings is 1. The first-order valence-electron chi connectivity index (χ1n) is 9.50. The van der Waals surface area contributed by atoms with Crippen LogP contribution in [0.2, 0.25) is 0 Å². The van der Waals surface area contributed by atoms with Gasteiger partial charge in [-0.2, -0.15) is 0 Å². The van der Waals surface area contributed by atoms with E-state index in [1.54, 1.807) is 4.90 Å². The molecule has 1 fully saturated rings. The van der Waals surface area contributed by atoms with E-state index in [0.29, 0.717) is 18.5 Å². The second-order valence-electron chi connectivity index (χ2n) is 7.49. The fraction of sp³-hybridized carbons (Fsp3) is 0.429. The fourth-order valence-corrected chi connectivity index (χ4v) is 4.43. The highest BCUT2D eigenvalue weighted by atomic mass is 16.2. The van der Waals surface area contributed by atoms with Crippen molar-refractivity contribution in [3.8, 4) is 0 Å². The predicted octanol–water partition coefficient (Wildman–Crippen LogP) is 3.97. The van der Waals surface area contributed by atoms with Crippen molar-refractivity contribution >= 4 is 17.4 Å². The molecular formula is C21H26N4O. The lowest BCUT2D eigenvalue weighted by Crippen LogP contribution is -2.34. The lowest BCUT2D eigenvalue weighted by molar-refractivity contribution is 0.254. The third-order valence-electron chi connectivity index (χ3n) is 5.73. The van der Waals surface area contributed by atoms with Gasteiger partial charge < -0.3 is 11.1 Å². The number of hydrogen-bond acceptors (Lipinski definition) is 3. The van der Waals surface area contributed by atoms with E-state index in [1.807, 2.05) is 12.3 Å². The molecule has 1 aliphatic carbocycles. The van der Waals surface area contributed by atoms with Crippen molar-refractivity contribution in [2.45, 2.75) is 51.0 Å². The average molecular weight is 350 g/mol. The van der Waals surface area contributed by atoms with E-state index in [0.717, 1.165) is 24.2 Å². The largest absolute Gasteiger partial charge is 0.382 e. The van der Waals surface area contributed by atoms with Gasteiger partial charge in [-0.25, -0.2) is 4.79 Å². The highest BCUT2D eigenvalue weighted by Crippen LogP contribution is 2.36. The number of pyridine rings is 1. The van der Waals surface area contributed by atoms with Gasteiger partial charge in [-0.3, -0.25) is 9.88 Å². The maximum absolute atomic E-state index is 11.6. The highest BCUT2D eigenvalue weighted by Gasteiger charge is 2.26. The maximum Gasteiger partial charge on any atom is 0.319 e. The third-order valence-corrected chi connectivity index (χ3v) is 5.73. The second kappa shape index (κ2) is 6.98. The summed E-state index contributed by atoms with van der Waals surface area (Å²) in [5, 5.41) is 3.68. The van der Waals surface area contributed by atoms with Crippen LogP contribution in [0.1, 0.15) is 48.4 Å². The number of aryl methyl sites for hydroxylation is 1. The number of anilines is 2. The molecule has 0 radical (unpaired) electrons. The van der Waals surface area contributed by atoms with Crippen LogP contribution in [0.25, 0.3) is 0 Å². The summed E-state index contributed by atoms with van der Waals surface area (Å²) in [4.78, 5) is 17.9. The Kier molecular flexibility index (Phi) is 4.53. The van der Waals surface area contributed by atoms with E-state index < -0.39 is 0 Å². The first-order chi connectivity index (χ1) is 12.6. The quantitative estimate of drug-likeness (QED) is 0.880. The Balaban J connectivity index is 1.49. The zero-order valence-corrected chi connectivity index (χ0v) is 15.2. The zero-order valence-electron chi connectivity index (χ0n) is 15.2. The lowest BCUT2D eigenvalue weighted by Gasteiger charge is -2.31. The molecule has 2 aromatic rings. The number of rotatable bonds is 3. The molecule has 2 amide bonds.